The van der Waals surface area contributed by atoms with Crippen LogP contribution in [0.4, 0.5) is 0 Å². The van der Waals surface area contributed by atoms with E-state index in [0.717, 1.165) is 62.2 Å². The molecular formula is C19H26N2O5S. The van der Waals surface area contributed by atoms with Crippen molar-refractivity contribution < 1.29 is 24.2 Å². The van der Waals surface area contributed by atoms with Crippen LogP contribution in [0, 0.1) is 0 Å². The van der Waals surface area contributed by atoms with Gasteiger partial charge in [-0.25, -0.2) is 4.79 Å². The molecule has 0 aromatic carbocycles. The fourth-order valence-electron chi connectivity index (χ4n) is 4.30. The maximum Gasteiger partial charge on any atom is 0.345 e. The van der Waals surface area contributed by atoms with Crippen molar-refractivity contribution in [1.82, 2.24) is 10.2 Å². The summed E-state index contributed by atoms with van der Waals surface area (Å²) in [4.78, 5) is 27.2. The quantitative estimate of drug-likeness (QED) is 0.789. The molecule has 2 fully saturated rings. The minimum absolute atomic E-state index is 0.0374. The molecule has 0 saturated carbocycles. The number of aromatic carboxylic acids is 1. The van der Waals surface area contributed by atoms with Crippen LogP contribution in [0.2, 0.25) is 0 Å². The van der Waals surface area contributed by atoms with Crippen LogP contribution >= 0.6 is 11.3 Å². The SMILES string of the molecule is O=C(CN1CCC2(CC1)OCCc1sc(C(=O)O)cc12)NCC1CCCO1. The lowest BCUT2D eigenvalue weighted by molar-refractivity contribution is -0.126. The Labute approximate surface area is 162 Å². The van der Waals surface area contributed by atoms with Crippen molar-refractivity contribution >= 4 is 23.2 Å². The Hall–Kier alpha value is -1.48. The maximum atomic E-state index is 12.2. The first kappa shape index (κ1) is 18.9. The number of carbonyl (C=O) groups excluding carboxylic acids is 1. The molecule has 3 aliphatic heterocycles. The summed E-state index contributed by atoms with van der Waals surface area (Å²) < 4.78 is 11.7. The van der Waals surface area contributed by atoms with Crippen molar-refractivity contribution in [2.75, 3.05) is 39.4 Å². The standard InChI is InChI=1S/C19H26N2O5S/c22-17(20-11-13-2-1-8-25-13)12-21-6-4-19(5-7-21)14-10-16(18(23)24)27-15(14)3-9-26-19/h10,13H,1-9,11-12H2,(H,20,22)(H,23,24). The Morgan fingerprint density at radius 1 is 1.33 bits per heavy atom. The molecule has 1 aromatic rings. The fraction of sp³-hybridized carbons (Fsp3) is 0.684. The van der Waals surface area contributed by atoms with Gasteiger partial charge in [-0.05, 0) is 37.3 Å². The zero-order valence-corrected chi connectivity index (χ0v) is 16.2. The lowest BCUT2D eigenvalue weighted by Gasteiger charge is -2.43. The molecule has 1 aromatic heterocycles. The molecule has 1 unspecified atom stereocenters. The molecule has 4 heterocycles. The van der Waals surface area contributed by atoms with Crippen molar-refractivity contribution in [3.05, 3.63) is 21.4 Å². The number of nitrogens with one attached hydrogen (secondary N) is 1. The minimum Gasteiger partial charge on any atom is -0.477 e. The highest BCUT2D eigenvalue weighted by Crippen LogP contribution is 2.44. The van der Waals surface area contributed by atoms with E-state index in [-0.39, 0.29) is 17.6 Å². The van der Waals surface area contributed by atoms with Gasteiger partial charge in [0.15, 0.2) is 0 Å². The number of carboxylic acid groups (broad SMARTS) is 1. The first-order valence-corrected chi connectivity index (χ1v) is 10.5. The summed E-state index contributed by atoms with van der Waals surface area (Å²) in [6, 6.07) is 1.80. The van der Waals surface area contributed by atoms with Crippen LogP contribution in [0.15, 0.2) is 6.07 Å². The molecule has 8 heteroatoms. The van der Waals surface area contributed by atoms with Crippen LogP contribution in [0.5, 0.6) is 0 Å². The number of thiophene rings is 1. The fourth-order valence-corrected chi connectivity index (χ4v) is 5.37. The van der Waals surface area contributed by atoms with E-state index in [9.17, 15) is 14.7 Å². The predicted molar refractivity (Wildman–Crippen MR) is 100 cm³/mol. The van der Waals surface area contributed by atoms with Crippen LogP contribution in [0.3, 0.4) is 0 Å². The molecule has 1 spiro atoms. The number of hydrogen-bond acceptors (Lipinski definition) is 6. The van der Waals surface area contributed by atoms with Gasteiger partial charge >= 0.3 is 5.97 Å². The molecule has 2 saturated heterocycles. The van der Waals surface area contributed by atoms with Crippen molar-refractivity contribution in [2.45, 2.75) is 43.8 Å². The number of carbonyl (C=O) groups is 2. The maximum absolute atomic E-state index is 12.2. The van der Waals surface area contributed by atoms with Crippen molar-refractivity contribution in [3.63, 3.8) is 0 Å². The van der Waals surface area contributed by atoms with E-state index in [1.54, 1.807) is 6.07 Å². The molecule has 0 bridgehead atoms. The summed E-state index contributed by atoms with van der Waals surface area (Å²) in [7, 11) is 0. The van der Waals surface area contributed by atoms with Gasteiger partial charge in [0.1, 0.15) is 4.88 Å². The lowest BCUT2D eigenvalue weighted by Crippen LogP contribution is -2.49. The zero-order chi connectivity index (χ0) is 18.9. The number of nitrogens with zero attached hydrogens (tertiary/aromatic N) is 1. The van der Waals surface area contributed by atoms with Gasteiger partial charge in [-0.1, -0.05) is 0 Å². The van der Waals surface area contributed by atoms with E-state index in [0.29, 0.717) is 24.6 Å². The van der Waals surface area contributed by atoms with Crippen LogP contribution in [0.25, 0.3) is 0 Å². The van der Waals surface area contributed by atoms with E-state index in [1.165, 1.54) is 11.3 Å². The molecule has 3 aliphatic rings. The smallest absolute Gasteiger partial charge is 0.345 e. The molecule has 1 amide bonds. The summed E-state index contributed by atoms with van der Waals surface area (Å²) in [6.45, 7) is 3.95. The van der Waals surface area contributed by atoms with Crippen LogP contribution in [-0.4, -0.2) is 67.4 Å². The van der Waals surface area contributed by atoms with E-state index in [4.69, 9.17) is 9.47 Å². The number of ether oxygens (including phenoxy) is 2. The molecule has 148 valence electrons. The van der Waals surface area contributed by atoms with Gasteiger partial charge < -0.3 is 19.9 Å². The first-order valence-electron chi connectivity index (χ1n) is 9.67. The summed E-state index contributed by atoms with van der Waals surface area (Å²) >= 11 is 1.37. The second kappa shape index (κ2) is 7.87. The van der Waals surface area contributed by atoms with E-state index >= 15 is 0 Å². The highest BCUT2D eigenvalue weighted by molar-refractivity contribution is 7.14. The van der Waals surface area contributed by atoms with Crippen LogP contribution < -0.4 is 5.32 Å². The van der Waals surface area contributed by atoms with Crippen molar-refractivity contribution in [1.29, 1.82) is 0 Å². The number of amides is 1. The molecule has 27 heavy (non-hydrogen) atoms. The van der Waals surface area contributed by atoms with Gasteiger partial charge in [0.05, 0.1) is 24.9 Å². The van der Waals surface area contributed by atoms with E-state index in [2.05, 4.69) is 10.2 Å². The summed E-state index contributed by atoms with van der Waals surface area (Å²) in [6.07, 6.45) is 4.61. The Morgan fingerprint density at radius 2 is 2.15 bits per heavy atom. The van der Waals surface area contributed by atoms with Crippen molar-refractivity contribution in [2.24, 2.45) is 0 Å². The Balaban J connectivity index is 1.32. The molecule has 2 N–H and O–H groups in total. The van der Waals surface area contributed by atoms with Crippen molar-refractivity contribution in [3.8, 4) is 0 Å². The number of rotatable bonds is 5. The number of carboxylic acids is 1. The number of piperidine rings is 1. The van der Waals surface area contributed by atoms with Crippen LogP contribution in [0.1, 0.15) is 45.8 Å². The molecule has 7 nitrogen and oxygen atoms in total. The summed E-state index contributed by atoms with van der Waals surface area (Å²) in [5, 5.41) is 12.3. The predicted octanol–water partition coefficient (Wildman–Crippen LogP) is 1.61. The lowest BCUT2D eigenvalue weighted by atomic mass is 9.82. The average Bonchev–Trinajstić information content (AvgIpc) is 3.32. The Bertz CT molecular complexity index is 705. The average molecular weight is 394 g/mol. The molecule has 0 radical (unpaired) electrons. The number of hydrogen-bond donors (Lipinski definition) is 2. The second-order valence-corrected chi connectivity index (χ2v) is 8.70. The van der Waals surface area contributed by atoms with Gasteiger partial charge in [-0.2, -0.15) is 0 Å². The summed E-state index contributed by atoms with van der Waals surface area (Å²) in [5.74, 6) is -0.833. The third-order valence-corrected chi connectivity index (χ3v) is 6.98. The normalized spacial score (nSPS) is 24.7. The first-order chi connectivity index (χ1) is 13.1. The van der Waals surface area contributed by atoms with Gasteiger partial charge in [0.25, 0.3) is 0 Å². The largest absolute Gasteiger partial charge is 0.477 e. The van der Waals surface area contributed by atoms with E-state index < -0.39 is 5.97 Å². The topological polar surface area (TPSA) is 88.1 Å². The highest BCUT2D eigenvalue weighted by atomic mass is 32.1. The Kier molecular flexibility index (Phi) is 5.50. The third kappa shape index (κ3) is 4.03. The number of fused-ring (bicyclic) bond motifs is 2. The molecule has 0 aliphatic carbocycles. The third-order valence-electron chi connectivity index (χ3n) is 5.80. The zero-order valence-electron chi connectivity index (χ0n) is 15.4. The molecular weight excluding hydrogens is 368 g/mol. The molecule has 1 atom stereocenters. The minimum atomic E-state index is -0.870. The van der Waals surface area contributed by atoms with Gasteiger partial charge in [-0.3, -0.25) is 9.69 Å². The number of likely N-dealkylation sites (tertiary alicyclic amines) is 1. The molecule has 4 rings (SSSR count). The van der Waals surface area contributed by atoms with Gasteiger partial charge in [-0.15, -0.1) is 11.3 Å². The Morgan fingerprint density at radius 3 is 2.85 bits per heavy atom. The van der Waals surface area contributed by atoms with E-state index in [1.807, 2.05) is 0 Å². The van der Waals surface area contributed by atoms with Crippen LogP contribution in [-0.2, 0) is 26.3 Å². The second-order valence-electron chi connectivity index (χ2n) is 7.56. The van der Waals surface area contributed by atoms with Gasteiger partial charge in [0.2, 0.25) is 5.91 Å². The monoisotopic (exact) mass is 394 g/mol. The van der Waals surface area contributed by atoms with Gasteiger partial charge in [0, 0.05) is 37.5 Å². The highest BCUT2D eigenvalue weighted by Gasteiger charge is 2.42. The summed E-state index contributed by atoms with van der Waals surface area (Å²) in [5.41, 5.74) is 0.668.